The van der Waals surface area contributed by atoms with Crippen LogP contribution in [-0.2, 0) is 0 Å². The van der Waals surface area contributed by atoms with Gasteiger partial charge in [-0.2, -0.15) is 0 Å². The summed E-state index contributed by atoms with van der Waals surface area (Å²) in [6, 6.07) is 15.4. The van der Waals surface area contributed by atoms with Crippen LogP contribution in [0.25, 0.3) is 0 Å². The summed E-state index contributed by atoms with van der Waals surface area (Å²) in [4.78, 5) is 29.9. The number of rotatable bonds is 5. The lowest BCUT2D eigenvalue weighted by molar-refractivity contribution is -0.384. The predicted octanol–water partition coefficient (Wildman–Crippen LogP) is 4.17. The summed E-state index contributed by atoms with van der Waals surface area (Å²) in [7, 11) is 0. The maximum atomic E-state index is 12.8. The first kappa shape index (κ1) is 18.1. The van der Waals surface area contributed by atoms with Gasteiger partial charge in [-0.1, -0.05) is 42.1 Å². The van der Waals surface area contributed by atoms with E-state index < -0.39 is 4.92 Å². The fourth-order valence-electron chi connectivity index (χ4n) is 2.61. The second kappa shape index (κ2) is 7.29. The van der Waals surface area contributed by atoms with Crippen LogP contribution in [-0.4, -0.2) is 33.7 Å². The Bertz CT molecular complexity index is 865. The molecule has 0 atom stereocenters. The first-order valence-corrected chi connectivity index (χ1v) is 9.17. The van der Waals surface area contributed by atoms with Crippen LogP contribution in [0.15, 0.2) is 59.6 Å². The average Bonchev–Trinajstić information content (AvgIpc) is 3.00. The Morgan fingerprint density at radius 2 is 1.96 bits per heavy atom. The highest BCUT2D eigenvalue weighted by molar-refractivity contribution is 8.14. The summed E-state index contributed by atoms with van der Waals surface area (Å²) in [5.41, 5.74) is 0.927. The Hall–Kier alpha value is -2.67. The number of non-ortho nitro benzene ring substituents is 1. The molecule has 1 aliphatic heterocycles. The van der Waals surface area contributed by atoms with Crippen molar-refractivity contribution >= 4 is 34.1 Å². The summed E-state index contributed by atoms with van der Waals surface area (Å²) in [5.74, 6) is 0.655. The second-order valence-corrected chi connectivity index (χ2v) is 7.59. The van der Waals surface area contributed by atoms with Gasteiger partial charge in [-0.3, -0.25) is 19.9 Å². The number of aliphatic imine (C=N–C) groups is 1. The first-order chi connectivity index (χ1) is 12.4. The topological polar surface area (TPSA) is 75.8 Å². The molecule has 1 aliphatic rings. The van der Waals surface area contributed by atoms with Crippen molar-refractivity contribution in [3.63, 3.8) is 0 Å². The number of ketones is 1. The largest absolute Gasteiger partial charge is 0.313 e. The van der Waals surface area contributed by atoms with E-state index in [0.717, 1.165) is 16.6 Å². The first-order valence-electron chi connectivity index (χ1n) is 8.19. The SMILES string of the molecule is CC1(C)CSC(N(CC(=O)c2cccc([N+](=O)[O-])c2)c2ccccc2)=N1. The van der Waals surface area contributed by atoms with Crippen molar-refractivity contribution in [1.82, 2.24) is 0 Å². The molecule has 7 heteroatoms. The summed E-state index contributed by atoms with van der Waals surface area (Å²) >= 11 is 1.61. The average molecular weight is 369 g/mol. The Kier molecular flexibility index (Phi) is 5.08. The highest BCUT2D eigenvalue weighted by Gasteiger charge is 2.30. The number of thioether (sulfide) groups is 1. The summed E-state index contributed by atoms with van der Waals surface area (Å²) in [6.45, 7) is 4.18. The number of nitrogens with zero attached hydrogens (tertiary/aromatic N) is 3. The van der Waals surface area contributed by atoms with E-state index in [1.54, 1.807) is 17.8 Å². The van der Waals surface area contributed by atoms with Gasteiger partial charge in [-0.05, 0) is 26.0 Å². The lowest BCUT2D eigenvalue weighted by atomic mass is 10.1. The van der Waals surface area contributed by atoms with Crippen molar-refractivity contribution < 1.29 is 9.72 Å². The predicted molar refractivity (Wildman–Crippen MR) is 105 cm³/mol. The maximum Gasteiger partial charge on any atom is 0.270 e. The third kappa shape index (κ3) is 4.11. The molecular formula is C19H19N3O3S. The van der Waals surface area contributed by atoms with Gasteiger partial charge in [-0.25, -0.2) is 0 Å². The summed E-state index contributed by atoms with van der Waals surface area (Å²) < 4.78 is 0. The van der Waals surface area contributed by atoms with Crippen molar-refractivity contribution in [3.8, 4) is 0 Å². The van der Waals surface area contributed by atoms with Gasteiger partial charge in [0, 0.05) is 29.1 Å². The smallest absolute Gasteiger partial charge is 0.270 e. The third-order valence-electron chi connectivity index (χ3n) is 3.93. The Morgan fingerprint density at radius 3 is 2.58 bits per heavy atom. The molecule has 0 aliphatic carbocycles. The van der Waals surface area contributed by atoms with Crippen molar-refractivity contribution in [1.29, 1.82) is 0 Å². The minimum atomic E-state index is -0.495. The minimum Gasteiger partial charge on any atom is -0.313 e. The standard InChI is InChI=1S/C19H19N3O3S/c1-19(2)13-26-18(20-19)21(15-8-4-3-5-9-15)12-17(23)14-7-6-10-16(11-14)22(24)25/h3-11H,12-13H2,1-2H3. The van der Waals surface area contributed by atoms with E-state index in [-0.39, 0.29) is 23.6 Å². The lowest BCUT2D eigenvalue weighted by Gasteiger charge is -2.23. The number of nitro benzene ring substituents is 1. The van der Waals surface area contributed by atoms with E-state index in [1.165, 1.54) is 18.2 Å². The molecule has 0 aromatic heterocycles. The lowest BCUT2D eigenvalue weighted by Crippen LogP contribution is -2.33. The molecule has 3 rings (SSSR count). The van der Waals surface area contributed by atoms with Crippen molar-refractivity contribution in [2.24, 2.45) is 4.99 Å². The van der Waals surface area contributed by atoms with Gasteiger partial charge in [0.05, 0.1) is 17.0 Å². The number of nitro groups is 1. The van der Waals surface area contributed by atoms with Crippen LogP contribution in [0.2, 0.25) is 0 Å². The number of hydrogen-bond acceptors (Lipinski definition) is 6. The van der Waals surface area contributed by atoms with Gasteiger partial charge in [0.1, 0.15) is 0 Å². The highest BCUT2D eigenvalue weighted by Crippen LogP contribution is 2.31. The molecule has 0 amide bonds. The number of benzene rings is 2. The van der Waals surface area contributed by atoms with Gasteiger partial charge in [0.25, 0.3) is 5.69 Å². The number of amidine groups is 1. The van der Waals surface area contributed by atoms with E-state index in [0.29, 0.717) is 5.56 Å². The highest BCUT2D eigenvalue weighted by atomic mass is 32.2. The van der Waals surface area contributed by atoms with E-state index in [4.69, 9.17) is 4.99 Å². The van der Waals surface area contributed by atoms with Gasteiger partial charge in [0.15, 0.2) is 11.0 Å². The molecule has 2 aromatic carbocycles. The molecule has 0 saturated carbocycles. The number of anilines is 1. The van der Waals surface area contributed by atoms with Crippen LogP contribution in [0.5, 0.6) is 0 Å². The van der Waals surface area contributed by atoms with Gasteiger partial charge in [-0.15, -0.1) is 0 Å². The molecule has 134 valence electrons. The summed E-state index contributed by atoms with van der Waals surface area (Å²) in [5, 5.41) is 11.8. The number of hydrogen-bond donors (Lipinski definition) is 0. The second-order valence-electron chi connectivity index (χ2n) is 6.65. The van der Waals surface area contributed by atoms with Crippen molar-refractivity contribution in [2.75, 3.05) is 17.2 Å². The molecular weight excluding hydrogens is 350 g/mol. The number of para-hydroxylation sites is 1. The van der Waals surface area contributed by atoms with Crippen LogP contribution in [0, 0.1) is 10.1 Å². The molecule has 0 unspecified atom stereocenters. The fourth-order valence-corrected chi connectivity index (χ4v) is 3.79. The van der Waals surface area contributed by atoms with E-state index in [9.17, 15) is 14.9 Å². The van der Waals surface area contributed by atoms with Gasteiger partial charge in [0.2, 0.25) is 0 Å². The van der Waals surface area contributed by atoms with Gasteiger partial charge >= 0.3 is 0 Å². The molecule has 1 heterocycles. The molecule has 0 bridgehead atoms. The monoisotopic (exact) mass is 369 g/mol. The summed E-state index contributed by atoms with van der Waals surface area (Å²) in [6.07, 6.45) is 0. The van der Waals surface area contributed by atoms with Crippen LogP contribution in [0.1, 0.15) is 24.2 Å². The van der Waals surface area contributed by atoms with Crippen LogP contribution < -0.4 is 4.90 Å². The molecule has 6 nitrogen and oxygen atoms in total. The zero-order valence-electron chi connectivity index (χ0n) is 14.6. The molecule has 0 fully saturated rings. The molecule has 26 heavy (non-hydrogen) atoms. The quantitative estimate of drug-likeness (QED) is 0.449. The Balaban J connectivity index is 1.90. The van der Waals surface area contributed by atoms with Crippen molar-refractivity contribution in [3.05, 3.63) is 70.3 Å². The van der Waals surface area contributed by atoms with E-state index >= 15 is 0 Å². The normalized spacial score (nSPS) is 15.4. The molecule has 0 saturated heterocycles. The minimum absolute atomic E-state index is 0.0765. The maximum absolute atomic E-state index is 12.8. The van der Waals surface area contributed by atoms with E-state index in [2.05, 4.69) is 13.8 Å². The molecule has 0 radical (unpaired) electrons. The van der Waals surface area contributed by atoms with Crippen LogP contribution in [0.3, 0.4) is 0 Å². The van der Waals surface area contributed by atoms with Gasteiger partial charge < -0.3 is 4.90 Å². The Labute approximate surface area is 156 Å². The number of carbonyl (C=O) groups is 1. The van der Waals surface area contributed by atoms with Crippen LogP contribution >= 0.6 is 11.8 Å². The third-order valence-corrected chi connectivity index (χ3v) is 5.35. The molecule has 0 N–H and O–H groups in total. The Morgan fingerprint density at radius 1 is 1.23 bits per heavy atom. The fraction of sp³-hybridized carbons (Fsp3) is 0.263. The molecule has 0 spiro atoms. The van der Waals surface area contributed by atoms with E-state index in [1.807, 2.05) is 35.2 Å². The number of Topliss-reactive ketones (excluding diaryl/α,β-unsaturated/α-hetero) is 1. The van der Waals surface area contributed by atoms with Crippen molar-refractivity contribution in [2.45, 2.75) is 19.4 Å². The zero-order chi connectivity index (χ0) is 18.7. The number of carbonyl (C=O) groups excluding carboxylic acids is 1. The zero-order valence-corrected chi connectivity index (χ0v) is 15.4. The van der Waals surface area contributed by atoms with Crippen LogP contribution in [0.4, 0.5) is 11.4 Å². The molecule has 2 aromatic rings.